The second-order valence-corrected chi connectivity index (χ2v) is 11.0. The Balaban J connectivity index is 1.16. The standard InChI is InChI=1S/C25H31N5O3S/c31-25(28-16-14-27(15-17-28)19-21-6-2-1-3-7-21)10-13-29-20-26-23-18-22(8-9-24(23)29)34(32,33)30-11-4-5-12-30/h1-3,6-9,18,20H,4-5,10-17,19H2. The molecule has 0 unspecified atom stereocenters. The van der Waals surface area contributed by atoms with Gasteiger partial charge in [-0.1, -0.05) is 30.3 Å². The summed E-state index contributed by atoms with van der Waals surface area (Å²) in [4.78, 5) is 21.8. The highest BCUT2D eigenvalue weighted by molar-refractivity contribution is 7.89. The SMILES string of the molecule is O=C(CCn1cnc2cc(S(=O)(=O)N3CCCC3)ccc21)N1CCN(Cc2ccccc2)CC1. The maximum Gasteiger partial charge on any atom is 0.243 e. The van der Waals surface area contributed by atoms with Crippen LogP contribution in [0.15, 0.2) is 59.8 Å². The third-order valence-corrected chi connectivity index (χ3v) is 8.73. The van der Waals surface area contributed by atoms with Crippen molar-refractivity contribution in [3.8, 4) is 0 Å². The third kappa shape index (κ3) is 4.87. The number of sulfonamides is 1. The van der Waals surface area contributed by atoms with Crippen LogP contribution in [0.4, 0.5) is 0 Å². The highest BCUT2D eigenvalue weighted by Gasteiger charge is 2.27. The van der Waals surface area contributed by atoms with Gasteiger partial charge < -0.3 is 9.47 Å². The molecule has 2 aliphatic heterocycles. The lowest BCUT2D eigenvalue weighted by Crippen LogP contribution is -2.48. The number of benzene rings is 2. The highest BCUT2D eigenvalue weighted by Crippen LogP contribution is 2.24. The van der Waals surface area contributed by atoms with Gasteiger partial charge in [-0.05, 0) is 36.6 Å². The van der Waals surface area contributed by atoms with Gasteiger partial charge in [-0.15, -0.1) is 0 Å². The van der Waals surface area contributed by atoms with Crippen LogP contribution in [0.3, 0.4) is 0 Å². The zero-order chi connectivity index (χ0) is 23.5. The Kier molecular flexibility index (Phi) is 6.67. The summed E-state index contributed by atoms with van der Waals surface area (Å²) in [7, 11) is -3.47. The molecular weight excluding hydrogens is 450 g/mol. The summed E-state index contributed by atoms with van der Waals surface area (Å²) in [5.74, 6) is 0.148. The minimum Gasteiger partial charge on any atom is -0.340 e. The second kappa shape index (κ2) is 9.85. The summed E-state index contributed by atoms with van der Waals surface area (Å²) in [6.45, 7) is 5.85. The molecule has 180 valence electrons. The first-order chi connectivity index (χ1) is 16.5. The Morgan fingerprint density at radius 3 is 2.38 bits per heavy atom. The quantitative estimate of drug-likeness (QED) is 0.518. The summed E-state index contributed by atoms with van der Waals surface area (Å²) in [5.41, 5.74) is 2.79. The van der Waals surface area contributed by atoms with E-state index in [2.05, 4.69) is 34.1 Å². The van der Waals surface area contributed by atoms with Crippen molar-refractivity contribution in [2.45, 2.75) is 37.2 Å². The van der Waals surface area contributed by atoms with Crippen molar-refractivity contribution in [1.82, 2.24) is 23.7 Å². The Morgan fingerprint density at radius 1 is 0.912 bits per heavy atom. The van der Waals surface area contributed by atoms with Crippen LogP contribution in [-0.2, 0) is 27.9 Å². The van der Waals surface area contributed by atoms with E-state index in [0.717, 1.165) is 51.1 Å². The fraction of sp³-hybridized carbons (Fsp3) is 0.440. The van der Waals surface area contributed by atoms with Gasteiger partial charge in [0.15, 0.2) is 0 Å². The van der Waals surface area contributed by atoms with Gasteiger partial charge in [-0.25, -0.2) is 13.4 Å². The topological polar surface area (TPSA) is 78.7 Å². The molecule has 0 aliphatic carbocycles. The first-order valence-corrected chi connectivity index (χ1v) is 13.4. The van der Waals surface area contributed by atoms with Gasteiger partial charge in [0.05, 0.1) is 22.3 Å². The molecule has 2 aliphatic rings. The lowest BCUT2D eigenvalue weighted by molar-refractivity contribution is -0.133. The lowest BCUT2D eigenvalue weighted by Gasteiger charge is -2.34. The molecule has 0 atom stereocenters. The number of piperazine rings is 1. The molecule has 0 bridgehead atoms. The number of hydrogen-bond donors (Lipinski definition) is 0. The van der Waals surface area contributed by atoms with E-state index < -0.39 is 10.0 Å². The molecule has 5 rings (SSSR count). The van der Waals surface area contributed by atoms with E-state index in [4.69, 9.17) is 0 Å². The molecule has 3 heterocycles. The maximum absolute atomic E-state index is 12.8. The molecule has 2 fully saturated rings. The van der Waals surface area contributed by atoms with Crippen molar-refractivity contribution < 1.29 is 13.2 Å². The number of nitrogens with zero attached hydrogens (tertiary/aromatic N) is 5. The normalized spacial score (nSPS) is 18.1. The number of aromatic nitrogens is 2. The Morgan fingerprint density at radius 2 is 1.65 bits per heavy atom. The van der Waals surface area contributed by atoms with Crippen LogP contribution < -0.4 is 0 Å². The van der Waals surface area contributed by atoms with Gasteiger partial charge in [-0.2, -0.15) is 4.31 Å². The van der Waals surface area contributed by atoms with Crippen LogP contribution in [0.1, 0.15) is 24.8 Å². The number of amides is 1. The van der Waals surface area contributed by atoms with Crippen LogP contribution in [0.2, 0.25) is 0 Å². The minimum absolute atomic E-state index is 0.148. The number of carbonyl (C=O) groups excluding carboxylic acids is 1. The maximum atomic E-state index is 12.8. The van der Waals surface area contributed by atoms with Crippen LogP contribution >= 0.6 is 0 Å². The summed E-state index contributed by atoms with van der Waals surface area (Å²) >= 11 is 0. The highest BCUT2D eigenvalue weighted by atomic mass is 32.2. The van der Waals surface area contributed by atoms with Crippen molar-refractivity contribution in [3.63, 3.8) is 0 Å². The molecule has 0 N–H and O–H groups in total. The van der Waals surface area contributed by atoms with Gasteiger partial charge >= 0.3 is 0 Å². The number of aryl methyl sites for hydroxylation is 1. The summed E-state index contributed by atoms with van der Waals surface area (Å²) in [6.07, 6.45) is 3.92. The van der Waals surface area contributed by atoms with Gasteiger partial charge in [0, 0.05) is 58.8 Å². The van der Waals surface area contributed by atoms with E-state index >= 15 is 0 Å². The number of rotatable bonds is 7. The number of fused-ring (bicyclic) bond motifs is 1. The van der Waals surface area contributed by atoms with E-state index in [1.807, 2.05) is 15.5 Å². The van der Waals surface area contributed by atoms with E-state index in [-0.39, 0.29) is 10.8 Å². The molecule has 0 spiro atoms. The molecular formula is C25H31N5O3S. The van der Waals surface area contributed by atoms with E-state index in [1.54, 1.807) is 28.8 Å². The molecule has 0 radical (unpaired) electrons. The predicted molar refractivity (Wildman–Crippen MR) is 131 cm³/mol. The second-order valence-electron chi connectivity index (χ2n) is 9.09. The minimum atomic E-state index is -3.47. The molecule has 34 heavy (non-hydrogen) atoms. The van der Waals surface area contributed by atoms with Gasteiger partial charge in [-0.3, -0.25) is 9.69 Å². The first kappa shape index (κ1) is 23.0. The molecule has 1 amide bonds. The summed E-state index contributed by atoms with van der Waals surface area (Å²) in [5, 5.41) is 0. The largest absolute Gasteiger partial charge is 0.340 e. The Labute approximate surface area is 200 Å². The van der Waals surface area contributed by atoms with Crippen LogP contribution in [0, 0.1) is 0 Å². The zero-order valence-corrected chi connectivity index (χ0v) is 20.2. The van der Waals surface area contributed by atoms with Crippen LogP contribution in [-0.4, -0.2) is 77.2 Å². The average molecular weight is 482 g/mol. The molecule has 1 aromatic heterocycles. The summed E-state index contributed by atoms with van der Waals surface area (Å²) in [6, 6.07) is 15.5. The van der Waals surface area contributed by atoms with E-state index in [0.29, 0.717) is 31.6 Å². The number of hydrogen-bond acceptors (Lipinski definition) is 5. The molecule has 3 aromatic rings. The van der Waals surface area contributed by atoms with E-state index in [9.17, 15) is 13.2 Å². The van der Waals surface area contributed by atoms with E-state index in [1.165, 1.54) is 5.56 Å². The van der Waals surface area contributed by atoms with Crippen LogP contribution in [0.5, 0.6) is 0 Å². The number of imidazole rings is 1. The fourth-order valence-electron chi connectivity index (χ4n) is 4.83. The van der Waals surface area contributed by atoms with Crippen molar-refractivity contribution in [3.05, 3.63) is 60.4 Å². The van der Waals surface area contributed by atoms with Gasteiger partial charge in [0.25, 0.3) is 0 Å². The molecule has 2 saturated heterocycles. The average Bonchev–Trinajstić information content (AvgIpc) is 3.54. The van der Waals surface area contributed by atoms with Crippen molar-refractivity contribution in [2.75, 3.05) is 39.3 Å². The Bertz CT molecular complexity index is 1240. The van der Waals surface area contributed by atoms with Crippen molar-refractivity contribution in [1.29, 1.82) is 0 Å². The third-order valence-electron chi connectivity index (χ3n) is 6.84. The lowest BCUT2D eigenvalue weighted by atomic mass is 10.2. The smallest absolute Gasteiger partial charge is 0.243 e. The Hall–Kier alpha value is -2.75. The molecule has 8 nitrogen and oxygen atoms in total. The molecule has 0 saturated carbocycles. The van der Waals surface area contributed by atoms with Gasteiger partial charge in [0.2, 0.25) is 15.9 Å². The first-order valence-electron chi connectivity index (χ1n) is 12.0. The predicted octanol–water partition coefficient (Wildman–Crippen LogP) is 2.56. The van der Waals surface area contributed by atoms with Gasteiger partial charge in [0.1, 0.15) is 0 Å². The molecule has 2 aromatic carbocycles. The zero-order valence-electron chi connectivity index (χ0n) is 19.3. The summed E-state index contributed by atoms with van der Waals surface area (Å²) < 4.78 is 29.2. The fourth-order valence-corrected chi connectivity index (χ4v) is 6.37. The van der Waals surface area contributed by atoms with Crippen molar-refractivity contribution >= 4 is 27.0 Å². The monoisotopic (exact) mass is 481 g/mol. The number of carbonyl (C=O) groups is 1. The molecule has 9 heteroatoms. The van der Waals surface area contributed by atoms with Crippen molar-refractivity contribution in [2.24, 2.45) is 0 Å². The van der Waals surface area contributed by atoms with Crippen LogP contribution in [0.25, 0.3) is 11.0 Å².